The van der Waals surface area contributed by atoms with Crippen molar-refractivity contribution in [3.63, 3.8) is 0 Å². The van der Waals surface area contributed by atoms with Gasteiger partial charge in [0.2, 0.25) is 5.91 Å². The van der Waals surface area contributed by atoms with E-state index >= 15 is 0 Å². The summed E-state index contributed by atoms with van der Waals surface area (Å²) in [5, 5.41) is 23.0. The van der Waals surface area contributed by atoms with E-state index in [-0.39, 0.29) is 31.5 Å². The van der Waals surface area contributed by atoms with Gasteiger partial charge in [-0.3, -0.25) is 9.59 Å². The molecule has 0 spiro atoms. The van der Waals surface area contributed by atoms with Crippen LogP contribution in [0.25, 0.3) is 0 Å². The number of carboxylic acid groups (broad SMARTS) is 1. The van der Waals surface area contributed by atoms with Gasteiger partial charge in [0.05, 0.1) is 19.1 Å². The van der Waals surface area contributed by atoms with Gasteiger partial charge in [-0.1, -0.05) is 30.3 Å². The second-order valence-corrected chi connectivity index (χ2v) is 4.47. The van der Waals surface area contributed by atoms with E-state index in [0.29, 0.717) is 0 Å². The number of aliphatic carboxylic acids is 1. The van der Waals surface area contributed by atoms with E-state index in [1.165, 1.54) is 0 Å². The summed E-state index contributed by atoms with van der Waals surface area (Å²) < 4.78 is 0. The number of carbonyl (C=O) groups excluding carboxylic acids is 1. The molecular weight excluding hydrogens is 260 g/mol. The van der Waals surface area contributed by atoms with E-state index < -0.39 is 12.0 Å². The van der Waals surface area contributed by atoms with Crippen molar-refractivity contribution < 1.29 is 19.8 Å². The molecule has 6 heteroatoms. The van der Waals surface area contributed by atoms with E-state index in [1.54, 1.807) is 0 Å². The SMILES string of the molecule is C[C@H](NC(=O)C[C@@H](NCCO)C(=O)O)c1ccccc1. The predicted octanol–water partition coefficient (Wildman–Crippen LogP) is 0.289. The lowest BCUT2D eigenvalue weighted by atomic mass is 10.1. The molecule has 0 bridgehead atoms. The molecule has 0 aromatic heterocycles. The van der Waals surface area contributed by atoms with Crippen LogP contribution in [0.5, 0.6) is 0 Å². The van der Waals surface area contributed by atoms with Crippen molar-refractivity contribution >= 4 is 11.9 Å². The minimum atomic E-state index is -1.11. The third-order valence-corrected chi connectivity index (χ3v) is 2.87. The molecule has 0 heterocycles. The molecule has 1 rings (SSSR count). The lowest BCUT2D eigenvalue weighted by Gasteiger charge is -2.17. The minimum Gasteiger partial charge on any atom is -0.480 e. The highest BCUT2D eigenvalue weighted by atomic mass is 16.4. The fourth-order valence-electron chi connectivity index (χ4n) is 1.80. The minimum absolute atomic E-state index is 0.137. The van der Waals surface area contributed by atoms with Crippen molar-refractivity contribution in [3.8, 4) is 0 Å². The highest BCUT2D eigenvalue weighted by Gasteiger charge is 2.21. The molecule has 0 saturated heterocycles. The summed E-state index contributed by atoms with van der Waals surface area (Å²) in [6.45, 7) is 1.80. The first-order chi connectivity index (χ1) is 9.54. The van der Waals surface area contributed by atoms with E-state index in [1.807, 2.05) is 37.3 Å². The number of nitrogens with one attached hydrogen (secondary N) is 2. The number of hydrogen-bond acceptors (Lipinski definition) is 4. The van der Waals surface area contributed by atoms with Crippen molar-refractivity contribution in [2.24, 2.45) is 0 Å². The van der Waals surface area contributed by atoms with Crippen LogP contribution in [0, 0.1) is 0 Å². The smallest absolute Gasteiger partial charge is 0.321 e. The van der Waals surface area contributed by atoms with E-state index in [0.717, 1.165) is 5.56 Å². The molecule has 0 fully saturated rings. The number of aliphatic hydroxyl groups is 1. The maximum Gasteiger partial charge on any atom is 0.321 e. The van der Waals surface area contributed by atoms with Crippen LogP contribution in [-0.2, 0) is 9.59 Å². The average Bonchev–Trinajstić information content (AvgIpc) is 2.44. The molecule has 0 saturated carbocycles. The fraction of sp³-hybridized carbons (Fsp3) is 0.429. The highest BCUT2D eigenvalue weighted by Crippen LogP contribution is 2.11. The maximum absolute atomic E-state index is 11.8. The molecule has 1 aromatic rings. The normalized spacial score (nSPS) is 13.5. The molecular formula is C14H20N2O4. The highest BCUT2D eigenvalue weighted by molar-refractivity contribution is 5.84. The van der Waals surface area contributed by atoms with E-state index in [9.17, 15) is 9.59 Å². The Hall–Kier alpha value is -1.92. The Morgan fingerprint density at radius 1 is 1.25 bits per heavy atom. The van der Waals surface area contributed by atoms with Crippen LogP contribution in [0.1, 0.15) is 24.9 Å². The topological polar surface area (TPSA) is 98.7 Å². The zero-order valence-corrected chi connectivity index (χ0v) is 11.4. The molecule has 0 aliphatic carbocycles. The summed E-state index contributed by atoms with van der Waals surface area (Å²) in [5.74, 6) is -1.46. The first-order valence-electron chi connectivity index (χ1n) is 6.46. The number of amides is 1. The van der Waals surface area contributed by atoms with E-state index in [2.05, 4.69) is 10.6 Å². The van der Waals surface area contributed by atoms with Gasteiger partial charge in [-0.05, 0) is 12.5 Å². The van der Waals surface area contributed by atoms with Crippen LogP contribution >= 0.6 is 0 Å². The lowest BCUT2D eigenvalue weighted by Crippen LogP contribution is -2.42. The average molecular weight is 280 g/mol. The molecule has 0 aliphatic heterocycles. The quantitative estimate of drug-likeness (QED) is 0.548. The largest absolute Gasteiger partial charge is 0.480 e. The Balaban J connectivity index is 2.51. The number of aliphatic hydroxyl groups excluding tert-OH is 1. The van der Waals surface area contributed by atoms with Gasteiger partial charge in [0.25, 0.3) is 0 Å². The van der Waals surface area contributed by atoms with Crippen LogP contribution in [0.3, 0.4) is 0 Å². The van der Waals surface area contributed by atoms with Crippen LogP contribution in [0.15, 0.2) is 30.3 Å². The van der Waals surface area contributed by atoms with E-state index in [4.69, 9.17) is 10.2 Å². The Kier molecular flexibility index (Phi) is 6.69. The maximum atomic E-state index is 11.8. The van der Waals surface area contributed by atoms with Crippen molar-refractivity contribution in [1.82, 2.24) is 10.6 Å². The van der Waals surface area contributed by atoms with Crippen LogP contribution in [-0.4, -0.2) is 41.3 Å². The van der Waals surface area contributed by atoms with Gasteiger partial charge in [-0.2, -0.15) is 0 Å². The Morgan fingerprint density at radius 2 is 1.90 bits per heavy atom. The summed E-state index contributed by atoms with van der Waals surface area (Å²) >= 11 is 0. The molecule has 0 radical (unpaired) electrons. The van der Waals surface area contributed by atoms with Gasteiger partial charge in [-0.15, -0.1) is 0 Å². The molecule has 0 unspecified atom stereocenters. The Morgan fingerprint density at radius 3 is 2.45 bits per heavy atom. The molecule has 110 valence electrons. The van der Waals surface area contributed by atoms with Gasteiger partial charge in [0.15, 0.2) is 0 Å². The third-order valence-electron chi connectivity index (χ3n) is 2.87. The zero-order valence-electron chi connectivity index (χ0n) is 11.4. The van der Waals surface area contributed by atoms with Gasteiger partial charge in [-0.25, -0.2) is 0 Å². The fourth-order valence-corrected chi connectivity index (χ4v) is 1.80. The molecule has 1 aromatic carbocycles. The number of hydrogen-bond donors (Lipinski definition) is 4. The molecule has 4 N–H and O–H groups in total. The van der Waals surface area contributed by atoms with Gasteiger partial charge in [0.1, 0.15) is 6.04 Å². The molecule has 2 atom stereocenters. The molecule has 1 amide bonds. The summed E-state index contributed by atoms with van der Waals surface area (Å²) in [6, 6.07) is 8.24. The molecule has 20 heavy (non-hydrogen) atoms. The second kappa shape index (κ2) is 8.29. The van der Waals surface area contributed by atoms with Crippen LogP contribution < -0.4 is 10.6 Å². The molecule has 0 aliphatic rings. The summed E-state index contributed by atoms with van der Waals surface area (Å²) in [5.41, 5.74) is 0.955. The lowest BCUT2D eigenvalue weighted by molar-refractivity contribution is -0.141. The van der Waals surface area contributed by atoms with Crippen LogP contribution in [0.2, 0.25) is 0 Å². The van der Waals surface area contributed by atoms with Gasteiger partial charge >= 0.3 is 5.97 Å². The van der Waals surface area contributed by atoms with Crippen LogP contribution in [0.4, 0.5) is 0 Å². The summed E-state index contributed by atoms with van der Waals surface area (Å²) in [7, 11) is 0. The van der Waals surface area contributed by atoms with Crippen molar-refractivity contribution in [2.45, 2.75) is 25.4 Å². The number of carboxylic acids is 1. The van der Waals surface area contributed by atoms with Gasteiger partial charge < -0.3 is 20.8 Å². The van der Waals surface area contributed by atoms with Crippen molar-refractivity contribution in [3.05, 3.63) is 35.9 Å². The monoisotopic (exact) mass is 280 g/mol. The standard InChI is InChI=1S/C14H20N2O4/c1-10(11-5-3-2-4-6-11)16-13(18)9-12(14(19)20)15-7-8-17/h2-6,10,12,15,17H,7-9H2,1H3,(H,16,18)(H,19,20)/t10-,12+/m0/s1. The summed E-state index contributed by atoms with van der Waals surface area (Å²) in [4.78, 5) is 22.8. The number of rotatable bonds is 8. The molecule has 6 nitrogen and oxygen atoms in total. The first-order valence-corrected chi connectivity index (χ1v) is 6.46. The summed E-state index contributed by atoms with van der Waals surface area (Å²) in [6.07, 6.45) is -0.174. The zero-order chi connectivity index (χ0) is 15.0. The van der Waals surface area contributed by atoms with Crippen molar-refractivity contribution in [1.29, 1.82) is 0 Å². The number of benzene rings is 1. The first kappa shape index (κ1) is 16.1. The van der Waals surface area contributed by atoms with Gasteiger partial charge in [0, 0.05) is 6.54 Å². The second-order valence-electron chi connectivity index (χ2n) is 4.47. The number of carbonyl (C=O) groups is 2. The Bertz CT molecular complexity index is 436. The third kappa shape index (κ3) is 5.38. The Labute approximate surface area is 117 Å². The van der Waals surface area contributed by atoms with Crippen molar-refractivity contribution in [2.75, 3.05) is 13.2 Å². The predicted molar refractivity (Wildman–Crippen MR) is 74.1 cm³/mol.